The Morgan fingerprint density at radius 2 is 1.81 bits per heavy atom. The van der Waals surface area contributed by atoms with E-state index in [4.69, 9.17) is 0 Å². The Bertz CT molecular complexity index is 354. The fraction of sp³-hybridized carbons (Fsp3) is 0.500. The molecule has 0 aliphatic rings. The third-order valence-electron chi connectivity index (χ3n) is 3.31. The van der Waals surface area contributed by atoms with Gasteiger partial charge in [-0.05, 0) is 24.0 Å². The van der Waals surface area contributed by atoms with Gasteiger partial charge in [0.2, 0.25) is 0 Å². The summed E-state index contributed by atoms with van der Waals surface area (Å²) < 4.78 is 0. The number of aryl methyl sites for hydroxylation is 1. The van der Waals surface area contributed by atoms with Crippen LogP contribution in [0.15, 0.2) is 24.3 Å². The van der Waals surface area contributed by atoms with Gasteiger partial charge in [0, 0.05) is 0 Å². The Labute approximate surface area is 97.3 Å². The van der Waals surface area contributed by atoms with Crippen molar-refractivity contribution in [3.8, 4) is 0 Å². The minimum Gasteiger partial charge on any atom is -0.481 e. The molecule has 1 N–H and O–H groups in total. The zero-order valence-electron chi connectivity index (χ0n) is 10.2. The molecule has 0 aromatic heterocycles. The van der Waals surface area contributed by atoms with Crippen LogP contribution in [0.25, 0.3) is 0 Å². The fourth-order valence-electron chi connectivity index (χ4n) is 2.28. The van der Waals surface area contributed by atoms with E-state index in [0.29, 0.717) is 0 Å². The second-order valence-corrected chi connectivity index (χ2v) is 4.25. The van der Waals surface area contributed by atoms with E-state index >= 15 is 0 Å². The van der Waals surface area contributed by atoms with Crippen LogP contribution in [0, 0.1) is 12.8 Å². The zero-order valence-corrected chi connectivity index (χ0v) is 10.2. The van der Waals surface area contributed by atoms with Gasteiger partial charge < -0.3 is 5.11 Å². The lowest BCUT2D eigenvalue weighted by Crippen LogP contribution is -2.21. The molecule has 0 bridgehead atoms. The molecule has 88 valence electrons. The largest absolute Gasteiger partial charge is 0.481 e. The van der Waals surface area contributed by atoms with Crippen molar-refractivity contribution in [3.05, 3.63) is 35.4 Å². The first-order chi connectivity index (χ1) is 7.61. The van der Waals surface area contributed by atoms with E-state index in [1.54, 1.807) is 0 Å². The van der Waals surface area contributed by atoms with Crippen LogP contribution in [0.4, 0.5) is 0 Å². The molecular formula is C14H20O2. The van der Waals surface area contributed by atoms with Gasteiger partial charge in [0.1, 0.15) is 0 Å². The quantitative estimate of drug-likeness (QED) is 0.823. The predicted octanol–water partition coefficient (Wildman–Crippen LogP) is 3.60. The van der Waals surface area contributed by atoms with Crippen LogP contribution in [0.5, 0.6) is 0 Å². The summed E-state index contributed by atoms with van der Waals surface area (Å²) in [6.07, 6.45) is 1.81. The molecule has 1 rings (SSSR count). The minimum atomic E-state index is -0.706. The van der Waals surface area contributed by atoms with Crippen molar-refractivity contribution in [1.29, 1.82) is 0 Å². The Balaban J connectivity index is 3.12. The van der Waals surface area contributed by atoms with Gasteiger partial charge in [-0.3, -0.25) is 4.79 Å². The highest BCUT2D eigenvalue weighted by Crippen LogP contribution is 2.31. The highest BCUT2D eigenvalue weighted by atomic mass is 16.4. The Hall–Kier alpha value is -1.31. The number of carboxylic acid groups (broad SMARTS) is 1. The van der Waals surface area contributed by atoms with Crippen LogP contribution in [-0.2, 0) is 4.79 Å². The molecule has 0 saturated carbocycles. The molecule has 1 atom stereocenters. The van der Waals surface area contributed by atoms with Crippen molar-refractivity contribution in [2.45, 2.75) is 39.5 Å². The predicted molar refractivity (Wildman–Crippen MR) is 65.6 cm³/mol. The first kappa shape index (κ1) is 12.8. The monoisotopic (exact) mass is 220 g/mol. The maximum absolute atomic E-state index is 11.4. The van der Waals surface area contributed by atoms with Crippen LogP contribution in [0.2, 0.25) is 0 Å². The lowest BCUT2D eigenvalue weighted by Gasteiger charge is -2.23. The number of benzene rings is 1. The van der Waals surface area contributed by atoms with Gasteiger partial charge in [0.25, 0.3) is 0 Å². The number of carboxylic acids is 1. The van der Waals surface area contributed by atoms with Crippen molar-refractivity contribution >= 4 is 5.97 Å². The third kappa shape index (κ3) is 2.63. The van der Waals surface area contributed by atoms with Gasteiger partial charge in [-0.2, -0.15) is 0 Å². The minimum absolute atomic E-state index is 0.221. The van der Waals surface area contributed by atoms with Gasteiger partial charge >= 0.3 is 5.97 Å². The molecule has 0 spiro atoms. The number of hydrogen-bond donors (Lipinski definition) is 1. The van der Waals surface area contributed by atoms with Gasteiger partial charge in [-0.25, -0.2) is 0 Å². The van der Waals surface area contributed by atoms with Gasteiger partial charge in [-0.15, -0.1) is 0 Å². The Kier molecular flexibility index (Phi) is 4.53. The Morgan fingerprint density at radius 3 is 2.25 bits per heavy atom. The van der Waals surface area contributed by atoms with Crippen LogP contribution < -0.4 is 0 Å². The first-order valence-electron chi connectivity index (χ1n) is 5.90. The maximum atomic E-state index is 11.4. The molecule has 0 aliphatic carbocycles. The molecule has 2 heteroatoms. The van der Waals surface area contributed by atoms with Gasteiger partial charge in [0.05, 0.1) is 5.92 Å². The highest BCUT2D eigenvalue weighted by molar-refractivity contribution is 5.77. The Morgan fingerprint density at radius 1 is 1.25 bits per heavy atom. The highest BCUT2D eigenvalue weighted by Gasteiger charge is 2.28. The lowest BCUT2D eigenvalue weighted by atomic mass is 9.81. The summed E-state index contributed by atoms with van der Waals surface area (Å²) in [5, 5.41) is 9.38. The topological polar surface area (TPSA) is 37.3 Å². The van der Waals surface area contributed by atoms with Crippen molar-refractivity contribution in [2.24, 2.45) is 5.92 Å². The van der Waals surface area contributed by atoms with E-state index in [2.05, 4.69) is 13.8 Å². The fourth-order valence-corrected chi connectivity index (χ4v) is 2.28. The van der Waals surface area contributed by atoms with Crippen LogP contribution in [0.1, 0.15) is 43.7 Å². The van der Waals surface area contributed by atoms with Crippen molar-refractivity contribution < 1.29 is 9.90 Å². The van der Waals surface area contributed by atoms with E-state index in [9.17, 15) is 9.90 Å². The summed E-state index contributed by atoms with van der Waals surface area (Å²) in [7, 11) is 0. The molecule has 1 aromatic rings. The standard InChI is InChI=1S/C14H20O2/c1-4-11(5-2)13(14(15)16)12-9-7-6-8-10(12)3/h6-9,11,13H,4-5H2,1-3H3,(H,15,16). The third-order valence-corrected chi connectivity index (χ3v) is 3.31. The molecule has 0 radical (unpaired) electrons. The van der Waals surface area contributed by atoms with Crippen LogP contribution in [0.3, 0.4) is 0 Å². The number of hydrogen-bond acceptors (Lipinski definition) is 1. The molecule has 16 heavy (non-hydrogen) atoms. The van der Waals surface area contributed by atoms with E-state index in [1.165, 1.54) is 0 Å². The van der Waals surface area contributed by atoms with Crippen molar-refractivity contribution in [1.82, 2.24) is 0 Å². The molecule has 0 heterocycles. The molecule has 0 fully saturated rings. The SMILES string of the molecule is CCC(CC)C(C(=O)O)c1ccccc1C. The van der Waals surface area contributed by atoms with Crippen molar-refractivity contribution in [2.75, 3.05) is 0 Å². The summed E-state index contributed by atoms with van der Waals surface area (Å²) >= 11 is 0. The normalized spacial score (nSPS) is 12.8. The summed E-state index contributed by atoms with van der Waals surface area (Å²) in [4.78, 5) is 11.4. The second-order valence-electron chi connectivity index (χ2n) is 4.25. The zero-order chi connectivity index (χ0) is 12.1. The maximum Gasteiger partial charge on any atom is 0.311 e. The molecule has 2 nitrogen and oxygen atoms in total. The molecule has 1 aromatic carbocycles. The van der Waals surface area contributed by atoms with Gasteiger partial charge in [-0.1, -0.05) is 51.0 Å². The number of aliphatic carboxylic acids is 1. The molecule has 0 aliphatic heterocycles. The van der Waals surface area contributed by atoms with E-state index in [1.807, 2.05) is 31.2 Å². The average molecular weight is 220 g/mol. The average Bonchev–Trinajstić information content (AvgIpc) is 2.27. The summed E-state index contributed by atoms with van der Waals surface area (Å²) in [5.74, 6) is -0.849. The summed E-state index contributed by atoms with van der Waals surface area (Å²) in [5.41, 5.74) is 2.03. The number of rotatable bonds is 5. The molecular weight excluding hydrogens is 200 g/mol. The van der Waals surface area contributed by atoms with E-state index in [0.717, 1.165) is 24.0 Å². The first-order valence-corrected chi connectivity index (χ1v) is 5.90. The second kappa shape index (κ2) is 5.69. The van der Waals surface area contributed by atoms with Crippen LogP contribution >= 0.6 is 0 Å². The van der Waals surface area contributed by atoms with Crippen LogP contribution in [-0.4, -0.2) is 11.1 Å². The molecule has 0 amide bonds. The lowest BCUT2D eigenvalue weighted by molar-refractivity contribution is -0.140. The van der Waals surface area contributed by atoms with E-state index < -0.39 is 5.97 Å². The number of carbonyl (C=O) groups is 1. The van der Waals surface area contributed by atoms with Gasteiger partial charge in [0.15, 0.2) is 0 Å². The molecule has 1 unspecified atom stereocenters. The van der Waals surface area contributed by atoms with Crippen molar-refractivity contribution in [3.63, 3.8) is 0 Å². The summed E-state index contributed by atoms with van der Waals surface area (Å²) in [6, 6.07) is 7.78. The summed E-state index contributed by atoms with van der Waals surface area (Å²) in [6.45, 7) is 6.10. The molecule has 0 saturated heterocycles. The van der Waals surface area contributed by atoms with E-state index in [-0.39, 0.29) is 11.8 Å². The smallest absolute Gasteiger partial charge is 0.311 e.